The van der Waals surface area contributed by atoms with Crippen molar-refractivity contribution in [3.05, 3.63) is 95.5 Å². The lowest BCUT2D eigenvalue weighted by Gasteiger charge is -2.40. The Bertz CT molecular complexity index is 1530. The van der Waals surface area contributed by atoms with Gasteiger partial charge in [0.1, 0.15) is 0 Å². The lowest BCUT2D eigenvalue weighted by Crippen LogP contribution is -2.39. The predicted octanol–water partition coefficient (Wildman–Crippen LogP) is 7.62. The summed E-state index contributed by atoms with van der Waals surface area (Å²) in [6.07, 6.45) is 0.245. The summed E-state index contributed by atoms with van der Waals surface area (Å²) in [5.41, 5.74) is 4.29. The van der Waals surface area contributed by atoms with Crippen LogP contribution in [0.2, 0.25) is 5.02 Å². The largest absolute Gasteiger partial charge is 0.750 e. The van der Waals surface area contributed by atoms with Crippen molar-refractivity contribution in [1.29, 1.82) is 0 Å². The number of aryl methyl sites for hydroxylation is 1. The summed E-state index contributed by atoms with van der Waals surface area (Å²) >= 11 is 3.50. The Labute approximate surface area is 228 Å². The number of hydrogen-bond donors (Lipinski definition) is 0. The molecule has 0 bridgehead atoms. The van der Waals surface area contributed by atoms with Crippen LogP contribution in [0.1, 0.15) is 18.9 Å². The molecule has 4 aromatic rings. The lowest BCUT2D eigenvalue weighted by molar-refractivity contribution is 0.196. The van der Waals surface area contributed by atoms with E-state index >= 15 is 0 Å². The molecule has 0 saturated heterocycles. The Morgan fingerprint density at radius 2 is 1.53 bits per heavy atom. The van der Waals surface area contributed by atoms with Crippen LogP contribution < -0.4 is 19.3 Å². The molecule has 38 heavy (non-hydrogen) atoms. The zero-order valence-corrected chi connectivity index (χ0v) is 22.1. The van der Waals surface area contributed by atoms with Gasteiger partial charge < -0.3 is 23.8 Å². The van der Waals surface area contributed by atoms with Gasteiger partial charge in [0.15, 0.2) is 29.2 Å². The van der Waals surface area contributed by atoms with E-state index in [1.54, 1.807) is 6.07 Å². The standard InChI is InChI=1S/C29H25ClN2O5S/c1-2-19-8-7-13-26-29(19)32(23-10-4-6-12-25(23)35-26)28(37-38(33)34)16-17-31-21-9-3-5-11-24(21)36-27-18-20(30)14-15-22(27)31/h3-15,18,28H,2,16-17H2,1H3,(H,33,34)/p-1. The third kappa shape index (κ3) is 4.50. The molecule has 6 rings (SSSR count). The van der Waals surface area contributed by atoms with Gasteiger partial charge in [-0.15, -0.1) is 0 Å². The summed E-state index contributed by atoms with van der Waals surface area (Å²) in [6, 6.07) is 26.6. The highest BCUT2D eigenvalue weighted by Gasteiger charge is 2.34. The molecule has 9 heteroatoms. The van der Waals surface area contributed by atoms with Gasteiger partial charge in [-0.2, -0.15) is 0 Å². The zero-order chi connectivity index (χ0) is 26.2. The second kappa shape index (κ2) is 10.3. The molecule has 0 amide bonds. The Kier molecular flexibility index (Phi) is 6.71. The van der Waals surface area contributed by atoms with Crippen molar-refractivity contribution in [3.63, 3.8) is 0 Å². The maximum Gasteiger partial charge on any atom is 0.152 e. The van der Waals surface area contributed by atoms with E-state index in [2.05, 4.69) is 11.8 Å². The van der Waals surface area contributed by atoms with Crippen molar-refractivity contribution in [2.24, 2.45) is 0 Å². The molecule has 2 heterocycles. The van der Waals surface area contributed by atoms with Crippen LogP contribution >= 0.6 is 11.6 Å². The van der Waals surface area contributed by atoms with E-state index in [4.69, 9.17) is 25.3 Å². The van der Waals surface area contributed by atoms with Crippen molar-refractivity contribution in [2.75, 3.05) is 16.3 Å². The fourth-order valence-corrected chi connectivity index (χ4v) is 5.61. The van der Waals surface area contributed by atoms with Gasteiger partial charge in [0.05, 0.1) is 34.1 Å². The molecule has 0 N–H and O–H groups in total. The Balaban J connectivity index is 1.41. The van der Waals surface area contributed by atoms with Crippen LogP contribution in [0, 0.1) is 0 Å². The molecular weight excluding hydrogens is 524 g/mol. The molecule has 0 spiro atoms. The van der Waals surface area contributed by atoms with E-state index in [0.717, 1.165) is 34.7 Å². The predicted molar refractivity (Wildman–Crippen MR) is 148 cm³/mol. The van der Waals surface area contributed by atoms with Crippen molar-refractivity contribution in [3.8, 4) is 23.0 Å². The molecule has 2 aliphatic rings. The molecule has 0 aliphatic carbocycles. The molecule has 0 radical (unpaired) electrons. The summed E-state index contributed by atoms with van der Waals surface area (Å²) in [6.45, 7) is 2.50. The van der Waals surface area contributed by atoms with Gasteiger partial charge in [-0.05, 0) is 54.4 Å². The smallest absolute Gasteiger partial charge is 0.152 e. The lowest BCUT2D eigenvalue weighted by atomic mass is 10.0. The molecule has 0 aromatic heterocycles. The van der Waals surface area contributed by atoms with Crippen molar-refractivity contribution in [1.82, 2.24) is 0 Å². The first kappa shape index (κ1) is 24.8. The summed E-state index contributed by atoms with van der Waals surface area (Å²) in [5.74, 6) is 2.62. The minimum Gasteiger partial charge on any atom is -0.750 e. The Hall–Kier alpha value is -3.56. The number of fused-ring (bicyclic) bond motifs is 4. The second-order valence-electron chi connectivity index (χ2n) is 8.93. The number of benzene rings is 4. The molecule has 7 nitrogen and oxygen atoms in total. The monoisotopic (exact) mass is 547 g/mol. The molecule has 0 saturated carbocycles. The van der Waals surface area contributed by atoms with Gasteiger partial charge in [-0.1, -0.05) is 54.9 Å². The van der Waals surface area contributed by atoms with Gasteiger partial charge in [0, 0.05) is 24.1 Å². The van der Waals surface area contributed by atoms with Crippen molar-refractivity contribution >= 4 is 45.7 Å². The third-order valence-corrected chi connectivity index (χ3v) is 7.33. The van der Waals surface area contributed by atoms with Gasteiger partial charge in [0.25, 0.3) is 0 Å². The summed E-state index contributed by atoms with van der Waals surface area (Å²) in [4.78, 5) is 4.05. The fraction of sp³-hybridized carbons (Fsp3) is 0.172. The van der Waals surface area contributed by atoms with E-state index in [1.165, 1.54) is 0 Å². The van der Waals surface area contributed by atoms with Crippen LogP contribution in [0.4, 0.5) is 22.7 Å². The number of para-hydroxylation sites is 5. The molecule has 194 valence electrons. The highest BCUT2D eigenvalue weighted by molar-refractivity contribution is 7.74. The van der Waals surface area contributed by atoms with Gasteiger partial charge >= 0.3 is 0 Å². The average molecular weight is 548 g/mol. The van der Waals surface area contributed by atoms with Crippen LogP contribution in [-0.4, -0.2) is 21.5 Å². The van der Waals surface area contributed by atoms with Crippen molar-refractivity contribution in [2.45, 2.75) is 26.0 Å². The number of nitrogens with zero attached hydrogens (tertiary/aromatic N) is 2. The third-order valence-electron chi connectivity index (χ3n) is 6.71. The molecular formula is C29H24ClN2O5S-. The highest BCUT2D eigenvalue weighted by Crippen LogP contribution is 2.51. The van der Waals surface area contributed by atoms with E-state index in [0.29, 0.717) is 41.0 Å². The number of anilines is 4. The topological polar surface area (TPSA) is 74.3 Å². The number of ether oxygens (including phenoxy) is 2. The molecule has 2 atom stereocenters. The zero-order valence-electron chi connectivity index (χ0n) is 20.5. The van der Waals surface area contributed by atoms with E-state index in [1.807, 2.05) is 83.8 Å². The number of rotatable bonds is 7. The van der Waals surface area contributed by atoms with Crippen LogP contribution in [0.15, 0.2) is 84.9 Å². The summed E-state index contributed by atoms with van der Waals surface area (Å²) < 4.78 is 41.9. The van der Waals surface area contributed by atoms with Crippen LogP contribution in [0.3, 0.4) is 0 Å². The summed E-state index contributed by atoms with van der Waals surface area (Å²) in [7, 11) is 0. The molecule has 2 aliphatic heterocycles. The number of hydrogen-bond acceptors (Lipinski definition) is 7. The summed E-state index contributed by atoms with van der Waals surface area (Å²) in [5, 5.41) is 0.569. The molecule has 2 unspecified atom stereocenters. The molecule has 4 aromatic carbocycles. The van der Waals surface area contributed by atoms with Gasteiger partial charge in [0.2, 0.25) is 0 Å². The average Bonchev–Trinajstić information content (AvgIpc) is 2.92. The molecule has 0 fully saturated rings. The minimum atomic E-state index is -2.75. The Morgan fingerprint density at radius 1 is 0.868 bits per heavy atom. The Morgan fingerprint density at radius 3 is 2.29 bits per heavy atom. The second-order valence-corrected chi connectivity index (χ2v) is 9.97. The minimum absolute atomic E-state index is 0.343. The van der Waals surface area contributed by atoms with Crippen molar-refractivity contribution < 1.29 is 22.4 Å². The SMILES string of the molecule is CCc1cccc2c1N(C(CCN1c3ccccc3Oc3cc(Cl)ccc31)OS(=O)[O-])c1ccccc1O2. The fourth-order valence-electron chi connectivity index (χ4n) is 5.09. The van der Waals surface area contributed by atoms with E-state index in [9.17, 15) is 8.76 Å². The first-order chi connectivity index (χ1) is 18.5. The first-order valence-electron chi connectivity index (χ1n) is 12.3. The number of halogens is 1. The van der Waals surface area contributed by atoms with E-state index in [-0.39, 0.29) is 0 Å². The van der Waals surface area contributed by atoms with Gasteiger partial charge in [-0.25, -0.2) is 4.21 Å². The van der Waals surface area contributed by atoms with Crippen LogP contribution in [0.25, 0.3) is 0 Å². The quantitative estimate of drug-likeness (QED) is 0.220. The first-order valence-corrected chi connectivity index (χ1v) is 13.7. The van der Waals surface area contributed by atoms with E-state index < -0.39 is 17.6 Å². The normalized spacial score (nSPS) is 14.8. The van der Waals surface area contributed by atoms with Crippen LogP contribution in [0.5, 0.6) is 23.0 Å². The maximum atomic E-state index is 12.0. The van der Waals surface area contributed by atoms with Gasteiger partial charge in [-0.3, -0.25) is 4.18 Å². The van der Waals surface area contributed by atoms with Crippen LogP contribution in [-0.2, 0) is 22.0 Å². The highest BCUT2D eigenvalue weighted by atomic mass is 35.5. The maximum absolute atomic E-state index is 12.0.